The summed E-state index contributed by atoms with van der Waals surface area (Å²) in [6, 6.07) is 4.84. The van der Waals surface area contributed by atoms with Gasteiger partial charge in [-0.1, -0.05) is 13.0 Å². The molecule has 3 rings (SSSR count). The van der Waals surface area contributed by atoms with E-state index in [0.29, 0.717) is 24.2 Å². The number of anilines is 1. The zero-order valence-electron chi connectivity index (χ0n) is 13.0. The number of benzene rings is 1. The Morgan fingerprint density at radius 3 is 2.83 bits per heavy atom. The molecule has 2 amide bonds. The summed E-state index contributed by atoms with van der Waals surface area (Å²) in [6.45, 7) is 3.78. The highest BCUT2D eigenvalue weighted by Crippen LogP contribution is 2.33. The molecule has 124 valence electrons. The van der Waals surface area contributed by atoms with E-state index in [9.17, 15) is 14.0 Å². The summed E-state index contributed by atoms with van der Waals surface area (Å²) in [5, 5.41) is 3.14. The molecule has 2 saturated heterocycles. The van der Waals surface area contributed by atoms with E-state index in [2.05, 4.69) is 5.32 Å². The molecule has 0 radical (unpaired) electrons. The monoisotopic (exact) mass is 321 g/mol. The first-order valence-electron chi connectivity index (χ1n) is 7.66. The van der Waals surface area contributed by atoms with Gasteiger partial charge in [-0.15, -0.1) is 0 Å². The fourth-order valence-electron chi connectivity index (χ4n) is 3.04. The predicted molar refractivity (Wildman–Crippen MR) is 82.7 cm³/mol. The number of nitrogens with one attached hydrogen (secondary N) is 1. The molecule has 0 spiro atoms. The smallest absolute Gasteiger partial charge is 0.414 e. The van der Waals surface area contributed by atoms with Gasteiger partial charge in [0.25, 0.3) is 0 Å². The van der Waals surface area contributed by atoms with Crippen LogP contribution in [0, 0.1) is 5.82 Å². The van der Waals surface area contributed by atoms with Crippen LogP contribution in [0.5, 0.6) is 0 Å². The third-order valence-corrected chi connectivity index (χ3v) is 4.53. The highest BCUT2D eigenvalue weighted by molar-refractivity contribution is 5.89. The van der Waals surface area contributed by atoms with E-state index >= 15 is 0 Å². The molecule has 2 heterocycles. The van der Waals surface area contributed by atoms with E-state index in [4.69, 9.17) is 10.5 Å². The number of carbonyl (C=O) groups is 2. The second-order valence-electron chi connectivity index (χ2n) is 6.45. The van der Waals surface area contributed by atoms with Crippen LogP contribution in [-0.2, 0) is 14.9 Å². The molecule has 1 aromatic rings. The van der Waals surface area contributed by atoms with Crippen molar-refractivity contribution in [1.29, 1.82) is 0 Å². The summed E-state index contributed by atoms with van der Waals surface area (Å²) >= 11 is 0. The van der Waals surface area contributed by atoms with Crippen molar-refractivity contribution in [2.24, 2.45) is 5.73 Å². The summed E-state index contributed by atoms with van der Waals surface area (Å²) < 4.78 is 19.6. The standard InChI is InChI=1S/C16H20FN3O3/c1-16(8-19-9-16)12-4-2-10(6-13(12)17)20-7-11(23-15(20)22)3-5-14(18)21/h2,4,6,11,19H,3,5,7-9H2,1H3,(H2,18,21). The molecule has 3 N–H and O–H groups in total. The second-order valence-corrected chi connectivity index (χ2v) is 6.45. The van der Waals surface area contributed by atoms with Gasteiger partial charge in [0.1, 0.15) is 11.9 Å². The SMILES string of the molecule is CC1(c2ccc(N3CC(CCC(N)=O)OC3=O)cc2F)CNC1. The van der Waals surface area contributed by atoms with Crippen LogP contribution in [0.25, 0.3) is 0 Å². The van der Waals surface area contributed by atoms with Crippen molar-refractivity contribution < 1.29 is 18.7 Å². The number of carbonyl (C=O) groups excluding carboxylic acids is 2. The number of rotatable bonds is 5. The van der Waals surface area contributed by atoms with Crippen molar-refractivity contribution in [1.82, 2.24) is 5.32 Å². The minimum atomic E-state index is -0.525. The van der Waals surface area contributed by atoms with Crippen LogP contribution in [0.1, 0.15) is 25.3 Å². The molecule has 2 aliphatic rings. The second kappa shape index (κ2) is 5.81. The Bertz CT molecular complexity index is 645. The van der Waals surface area contributed by atoms with E-state index in [0.717, 1.165) is 13.1 Å². The van der Waals surface area contributed by atoms with Crippen molar-refractivity contribution in [2.45, 2.75) is 31.3 Å². The van der Waals surface area contributed by atoms with Crippen LogP contribution in [0.2, 0.25) is 0 Å². The number of hydrogen-bond donors (Lipinski definition) is 2. The van der Waals surface area contributed by atoms with Crippen molar-refractivity contribution in [2.75, 3.05) is 24.5 Å². The fraction of sp³-hybridized carbons (Fsp3) is 0.500. The highest BCUT2D eigenvalue weighted by Gasteiger charge is 2.37. The lowest BCUT2D eigenvalue weighted by molar-refractivity contribution is -0.118. The van der Waals surface area contributed by atoms with Crippen LogP contribution < -0.4 is 16.0 Å². The van der Waals surface area contributed by atoms with Crippen molar-refractivity contribution in [3.05, 3.63) is 29.6 Å². The van der Waals surface area contributed by atoms with E-state index < -0.39 is 18.1 Å². The largest absolute Gasteiger partial charge is 0.444 e. The number of ether oxygens (including phenoxy) is 1. The molecule has 2 aliphatic heterocycles. The number of amides is 2. The maximum absolute atomic E-state index is 14.4. The maximum atomic E-state index is 14.4. The van der Waals surface area contributed by atoms with E-state index in [1.54, 1.807) is 12.1 Å². The summed E-state index contributed by atoms with van der Waals surface area (Å²) in [4.78, 5) is 24.1. The predicted octanol–water partition coefficient (Wildman–Crippen LogP) is 1.28. The molecule has 1 unspecified atom stereocenters. The Morgan fingerprint density at radius 1 is 1.52 bits per heavy atom. The summed E-state index contributed by atoms with van der Waals surface area (Å²) in [6.07, 6.45) is -0.388. The minimum Gasteiger partial charge on any atom is -0.444 e. The highest BCUT2D eigenvalue weighted by atomic mass is 19.1. The van der Waals surface area contributed by atoms with E-state index in [-0.39, 0.29) is 17.7 Å². The Hall–Kier alpha value is -2.15. The number of nitrogens with two attached hydrogens (primary N) is 1. The first-order valence-corrected chi connectivity index (χ1v) is 7.66. The van der Waals surface area contributed by atoms with Gasteiger partial charge in [-0.2, -0.15) is 0 Å². The number of primary amides is 1. The van der Waals surface area contributed by atoms with Crippen molar-refractivity contribution in [3.63, 3.8) is 0 Å². The number of halogens is 1. The molecule has 2 fully saturated rings. The van der Waals surface area contributed by atoms with Gasteiger partial charge in [-0.3, -0.25) is 9.69 Å². The van der Waals surface area contributed by atoms with E-state index in [1.807, 2.05) is 6.92 Å². The van der Waals surface area contributed by atoms with Gasteiger partial charge < -0.3 is 15.8 Å². The van der Waals surface area contributed by atoms with Gasteiger partial charge in [-0.25, -0.2) is 9.18 Å². The lowest BCUT2D eigenvalue weighted by Gasteiger charge is -2.40. The maximum Gasteiger partial charge on any atom is 0.414 e. The molecule has 7 heteroatoms. The molecule has 1 atom stereocenters. The molecule has 0 aliphatic carbocycles. The van der Waals surface area contributed by atoms with Crippen LogP contribution in [0.3, 0.4) is 0 Å². The first-order chi connectivity index (χ1) is 10.9. The number of hydrogen-bond acceptors (Lipinski definition) is 4. The summed E-state index contributed by atoms with van der Waals surface area (Å²) in [5.74, 6) is -0.753. The summed E-state index contributed by atoms with van der Waals surface area (Å²) in [7, 11) is 0. The van der Waals surface area contributed by atoms with Crippen LogP contribution in [0.4, 0.5) is 14.9 Å². The first kappa shape index (κ1) is 15.7. The van der Waals surface area contributed by atoms with Crippen molar-refractivity contribution >= 4 is 17.7 Å². The lowest BCUT2D eigenvalue weighted by Crippen LogP contribution is -2.55. The molecule has 0 aromatic heterocycles. The topological polar surface area (TPSA) is 84.7 Å². The van der Waals surface area contributed by atoms with Crippen molar-refractivity contribution in [3.8, 4) is 0 Å². The Morgan fingerprint density at radius 2 is 2.26 bits per heavy atom. The van der Waals surface area contributed by atoms with Crippen LogP contribution >= 0.6 is 0 Å². The van der Waals surface area contributed by atoms with Crippen LogP contribution in [0.15, 0.2) is 18.2 Å². The number of cyclic esters (lactones) is 1. The third kappa shape index (κ3) is 3.01. The van der Waals surface area contributed by atoms with Gasteiger partial charge in [0.15, 0.2) is 0 Å². The van der Waals surface area contributed by atoms with Crippen LogP contribution in [-0.4, -0.2) is 37.7 Å². The Labute approximate surface area is 133 Å². The third-order valence-electron chi connectivity index (χ3n) is 4.53. The zero-order chi connectivity index (χ0) is 16.6. The van der Waals surface area contributed by atoms with Gasteiger partial charge >= 0.3 is 6.09 Å². The molecule has 6 nitrogen and oxygen atoms in total. The lowest BCUT2D eigenvalue weighted by atomic mass is 9.77. The molecule has 1 aromatic carbocycles. The molecular weight excluding hydrogens is 301 g/mol. The van der Waals surface area contributed by atoms with Gasteiger partial charge in [0, 0.05) is 24.9 Å². The van der Waals surface area contributed by atoms with Gasteiger partial charge in [0.2, 0.25) is 5.91 Å². The zero-order valence-corrected chi connectivity index (χ0v) is 13.0. The number of nitrogens with zero attached hydrogens (tertiary/aromatic N) is 1. The average Bonchev–Trinajstić information content (AvgIpc) is 2.84. The average molecular weight is 321 g/mol. The molecular formula is C16H20FN3O3. The Kier molecular flexibility index (Phi) is 3.97. The molecule has 0 saturated carbocycles. The van der Waals surface area contributed by atoms with Gasteiger partial charge in [0.05, 0.1) is 12.2 Å². The van der Waals surface area contributed by atoms with Gasteiger partial charge in [-0.05, 0) is 24.1 Å². The molecule has 23 heavy (non-hydrogen) atoms. The normalized spacial score (nSPS) is 22.6. The quantitative estimate of drug-likeness (QED) is 0.855. The Balaban J connectivity index is 1.73. The fourth-order valence-corrected chi connectivity index (χ4v) is 3.04. The summed E-state index contributed by atoms with van der Waals surface area (Å²) in [5.41, 5.74) is 6.02. The molecule has 0 bridgehead atoms. The van der Waals surface area contributed by atoms with E-state index in [1.165, 1.54) is 11.0 Å². The minimum absolute atomic E-state index is 0.157.